The first-order chi connectivity index (χ1) is 13.5. The molecule has 0 spiro atoms. The molecule has 7 nitrogen and oxygen atoms in total. The van der Waals surface area contributed by atoms with Gasteiger partial charge in [0.15, 0.2) is 0 Å². The van der Waals surface area contributed by atoms with Crippen LogP contribution in [0.3, 0.4) is 0 Å². The van der Waals surface area contributed by atoms with E-state index in [9.17, 15) is 14.0 Å². The monoisotopic (exact) mass is 384 g/mol. The Morgan fingerprint density at radius 3 is 2.79 bits per heavy atom. The zero-order valence-corrected chi connectivity index (χ0v) is 15.7. The highest BCUT2D eigenvalue weighted by molar-refractivity contribution is 5.92. The third kappa shape index (κ3) is 3.26. The smallest absolute Gasteiger partial charge is 0.294 e. The van der Waals surface area contributed by atoms with E-state index in [0.29, 0.717) is 36.0 Å². The predicted octanol–water partition coefficient (Wildman–Crippen LogP) is 2.47. The van der Waals surface area contributed by atoms with Gasteiger partial charge in [0.25, 0.3) is 11.5 Å². The number of benzene rings is 1. The summed E-state index contributed by atoms with van der Waals surface area (Å²) in [5.41, 5.74) is 0.720. The third-order valence-electron chi connectivity index (χ3n) is 4.88. The van der Waals surface area contributed by atoms with Gasteiger partial charge >= 0.3 is 0 Å². The SMILES string of the molecule is CCNC(=O)c1cn2cc(-c3ccc(OC)cc3F)n(CC3CC3)c(=O)c2n1. The molecule has 0 atom stereocenters. The second-order valence-corrected chi connectivity index (χ2v) is 6.94. The Morgan fingerprint density at radius 2 is 2.14 bits per heavy atom. The molecule has 1 N–H and O–H groups in total. The van der Waals surface area contributed by atoms with Crippen LogP contribution in [0.25, 0.3) is 16.9 Å². The van der Waals surface area contributed by atoms with Crippen LogP contribution in [-0.2, 0) is 6.54 Å². The number of aromatic nitrogens is 3. The molecule has 2 heterocycles. The van der Waals surface area contributed by atoms with Gasteiger partial charge in [0, 0.05) is 37.1 Å². The van der Waals surface area contributed by atoms with Crippen LogP contribution < -0.4 is 15.6 Å². The summed E-state index contributed by atoms with van der Waals surface area (Å²) in [6.07, 6.45) is 5.23. The molecule has 2 aromatic heterocycles. The highest BCUT2D eigenvalue weighted by Crippen LogP contribution is 2.33. The molecule has 4 rings (SSSR count). The van der Waals surface area contributed by atoms with E-state index in [1.165, 1.54) is 23.8 Å². The summed E-state index contributed by atoms with van der Waals surface area (Å²) in [6.45, 7) is 2.77. The van der Waals surface area contributed by atoms with E-state index in [-0.39, 0.29) is 22.8 Å². The van der Waals surface area contributed by atoms with Crippen molar-refractivity contribution < 1.29 is 13.9 Å². The average Bonchev–Trinajstić information content (AvgIpc) is 3.40. The van der Waals surface area contributed by atoms with Gasteiger partial charge in [0.05, 0.1) is 12.8 Å². The largest absolute Gasteiger partial charge is 0.497 e. The molecule has 146 valence electrons. The zero-order valence-electron chi connectivity index (χ0n) is 15.7. The molecule has 0 bridgehead atoms. The average molecular weight is 384 g/mol. The highest BCUT2D eigenvalue weighted by atomic mass is 19.1. The Bertz CT molecular complexity index is 1110. The number of carbonyl (C=O) groups is 1. The van der Waals surface area contributed by atoms with Crippen molar-refractivity contribution in [3.05, 3.63) is 52.5 Å². The third-order valence-corrected chi connectivity index (χ3v) is 4.88. The summed E-state index contributed by atoms with van der Waals surface area (Å²) >= 11 is 0. The van der Waals surface area contributed by atoms with Gasteiger partial charge in [-0.25, -0.2) is 9.37 Å². The second-order valence-electron chi connectivity index (χ2n) is 6.94. The second kappa shape index (κ2) is 7.10. The van der Waals surface area contributed by atoms with Crippen LogP contribution in [-0.4, -0.2) is 33.5 Å². The predicted molar refractivity (Wildman–Crippen MR) is 102 cm³/mol. The van der Waals surface area contributed by atoms with E-state index >= 15 is 0 Å². The summed E-state index contributed by atoms with van der Waals surface area (Å²) in [5, 5.41) is 2.67. The van der Waals surface area contributed by atoms with Gasteiger partial charge in [0.2, 0.25) is 5.65 Å². The van der Waals surface area contributed by atoms with Crippen LogP contribution in [0.5, 0.6) is 5.75 Å². The number of carbonyl (C=O) groups excluding carboxylic acids is 1. The van der Waals surface area contributed by atoms with Gasteiger partial charge in [-0.05, 0) is 37.8 Å². The molecule has 28 heavy (non-hydrogen) atoms. The first-order valence-corrected chi connectivity index (χ1v) is 9.26. The number of ether oxygens (including phenoxy) is 1. The number of halogens is 1. The van der Waals surface area contributed by atoms with Crippen LogP contribution in [0.2, 0.25) is 0 Å². The Balaban J connectivity index is 1.90. The number of nitrogens with zero attached hydrogens (tertiary/aromatic N) is 3. The van der Waals surface area contributed by atoms with Crippen molar-refractivity contribution in [2.75, 3.05) is 13.7 Å². The molecule has 8 heteroatoms. The van der Waals surface area contributed by atoms with E-state index in [1.54, 1.807) is 29.8 Å². The van der Waals surface area contributed by atoms with Crippen LogP contribution in [0.15, 0.2) is 35.4 Å². The maximum Gasteiger partial charge on any atom is 0.294 e. The van der Waals surface area contributed by atoms with Crippen molar-refractivity contribution in [1.82, 2.24) is 19.3 Å². The van der Waals surface area contributed by atoms with Crippen molar-refractivity contribution in [1.29, 1.82) is 0 Å². The van der Waals surface area contributed by atoms with Crippen LogP contribution >= 0.6 is 0 Å². The van der Waals surface area contributed by atoms with E-state index in [2.05, 4.69) is 10.3 Å². The van der Waals surface area contributed by atoms with Gasteiger partial charge < -0.3 is 14.6 Å². The molecule has 1 aliphatic carbocycles. The molecule has 1 fully saturated rings. The van der Waals surface area contributed by atoms with Crippen LogP contribution in [0.1, 0.15) is 30.3 Å². The Morgan fingerprint density at radius 1 is 1.36 bits per heavy atom. The number of fused-ring (bicyclic) bond motifs is 1. The van der Waals surface area contributed by atoms with Crippen molar-refractivity contribution in [3.63, 3.8) is 0 Å². The minimum absolute atomic E-state index is 0.152. The topological polar surface area (TPSA) is 77.6 Å². The molecule has 0 saturated heterocycles. The molecule has 0 aliphatic heterocycles. The Kier molecular flexibility index (Phi) is 4.62. The van der Waals surface area contributed by atoms with Gasteiger partial charge in [-0.15, -0.1) is 0 Å². The van der Waals surface area contributed by atoms with Gasteiger partial charge in [-0.1, -0.05) is 0 Å². The lowest BCUT2D eigenvalue weighted by Crippen LogP contribution is -2.25. The summed E-state index contributed by atoms with van der Waals surface area (Å²) in [7, 11) is 1.47. The molecule has 3 aromatic rings. The maximum atomic E-state index is 14.7. The number of hydrogen-bond acceptors (Lipinski definition) is 4. The number of amides is 1. The van der Waals surface area contributed by atoms with Gasteiger partial charge in [-0.2, -0.15) is 0 Å². The van der Waals surface area contributed by atoms with Gasteiger partial charge in [0.1, 0.15) is 17.3 Å². The minimum Gasteiger partial charge on any atom is -0.497 e. The molecule has 0 radical (unpaired) electrons. The molecule has 0 unspecified atom stereocenters. The fourth-order valence-electron chi connectivity index (χ4n) is 3.23. The van der Waals surface area contributed by atoms with E-state index < -0.39 is 5.82 Å². The summed E-state index contributed by atoms with van der Waals surface area (Å²) in [5.74, 6) is -0.0270. The van der Waals surface area contributed by atoms with Crippen molar-refractivity contribution in [2.24, 2.45) is 5.92 Å². The molecular weight excluding hydrogens is 363 g/mol. The first kappa shape index (κ1) is 18.2. The molecule has 1 aliphatic rings. The molecule has 1 aromatic carbocycles. The summed E-state index contributed by atoms with van der Waals surface area (Å²) < 4.78 is 22.9. The number of methoxy groups -OCH3 is 1. The Labute approximate surface area is 160 Å². The first-order valence-electron chi connectivity index (χ1n) is 9.26. The lowest BCUT2D eigenvalue weighted by Gasteiger charge is -2.14. The van der Waals surface area contributed by atoms with Gasteiger partial charge in [-0.3, -0.25) is 14.0 Å². The highest BCUT2D eigenvalue weighted by Gasteiger charge is 2.26. The normalized spacial score (nSPS) is 13.7. The Hall–Kier alpha value is -3.16. The molecule has 1 amide bonds. The lowest BCUT2D eigenvalue weighted by molar-refractivity contribution is 0.0951. The zero-order chi connectivity index (χ0) is 19.8. The lowest BCUT2D eigenvalue weighted by atomic mass is 10.1. The fourth-order valence-corrected chi connectivity index (χ4v) is 3.23. The van der Waals surface area contributed by atoms with Crippen molar-refractivity contribution in [2.45, 2.75) is 26.3 Å². The van der Waals surface area contributed by atoms with Crippen molar-refractivity contribution >= 4 is 11.6 Å². The van der Waals surface area contributed by atoms with E-state index in [1.807, 2.05) is 0 Å². The standard InChI is InChI=1S/C20H21FN4O3/c1-3-22-19(26)16-10-24-11-17(14-7-6-13(28-2)8-15(14)21)25(9-12-4-5-12)20(27)18(24)23-16/h6-8,10-12H,3-5,9H2,1-2H3,(H,22,26). The summed E-state index contributed by atoms with van der Waals surface area (Å²) in [4.78, 5) is 29.4. The van der Waals surface area contributed by atoms with E-state index in [0.717, 1.165) is 12.8 Å². The number of rotatable bonds is 6. The van der Waals surface area contributed by atoms with Crippen LogP contribution in [0, 0.1) is 11.7 Å². The number of hydrogen-bond donors (Lipinski definition) is 1. The fraction of sp³-hybridized carbons (Fsp3) is 0.350. The molecule has 1 saturated carbocycles. The van der Waals surface area contributed by atoms with E-state index in [4.69, 9.17) is 4.74 Å². The quantitative estimate of drug-likeness (QED) is 0.708. The number of nitrogens with one attached hydrogen (secondary N) is 1. The minimum atomic E-state index is -0.480. The number of imidazole rings is 1. The van der Waals surface area contributed by atoms with Crippen molar-refractivity contribution in [3.8, 4) is 17.0 Å². The summed E-state index contributed by atoms with van der Waals surface area (Å²) in [6, 6.07) is 4.54. The maximum absolute atomic E-state index is 14.7. The molecular formula is C20H21FN4O3. The van der Waals surface area contributed by atoms with Crippen LogP contribution in [0.4, 0.5) is 4.39 Å².